The maximum atomic E-state index is 13.1. The summed E-state index contributed by atoms with van der Waals surface area (Å²) in [6.07, 6.45) is 2.97. The fourth-order valence-corrected chi connectivity index (χ4v) is 4.62. The van der Waals surface area contributed by atoms with Gasteiger partial charge in [0.2, 0.25) is 11.8 Å². The summed E-state index contributed by atoms with van der Waals surface area (Å²) in [6.45, 7) is 5.86. The maximum Gasteiger partial charge on any atom is 0.227 e. The summed E-state index contributed by atoms with van der Waals surface area (Å²) in [5.74, 6) is 0.166. The number of hydrogen-bond acceptors (Lipinski definition) is 2. The van der Waals surface area contributed by atoms with Crippen molar-refractivity contribution < 1.29 is 9.59 Å². The quantitative estimate of drug-likeness (QED) is 0.772. The molecule has 2 aliphatic rings. The van der Waals surface area contributed by atoms with Crippen molar-refractivity contribution >= 4 is 35.0 Å². The van der Waals surface area contributed by atoms with Crippen molar-refractivity contribution in [3.63, 3.8) is 0 Å². The summed E-state index contributed by atoms with van der Waals surface area (Å²) in [4.78, 5) is 28.9. The summed E-state index contributed by atoms with van der Waals surface area (Å²) in [5, 5.41) is 1.28. The molecule has 0 aliphatic carbocycles. The Labute approximate surface area is 159 Å². The normalized spacial score (nSPS) is 23.4. The molecule has 25 heavy (non-hydrogen) atoms. The lowest BCUT2D eigenvalue weighted by Gasteiger charge is -2.40. The van der Waals surface area contributed by atoms with Gasteiger partial charge in [0.15, 0.2) is 0 Å². The van der Waals surface area contributed by atoms with Gasteiger partial charge in [-0.2, -0.15) is 0 Å². The van der Waals surface area contributed by atoms with Crippen LogP contribution in [0.15, 0.2) is 12.1 Å². The Balaban J connectivity index is 1.78. The number of benzene rings is 1. The topological polar surface area (TPSA) is 40.6 Å². The van der Waals surface area contributed by atoms with Crippen LogP contribution in [0.2, 0.25) is 10.0 Å². The van der Waals surface area contributed by atoms with Crippen LogP contribution in [-0.2, 0) is 16.0 Å². The lowest BCUT2D eigenvalue weighted by atomic mass is 9.90. The number of carbonyl (C=O) groups is 2. The standard InChI is InChI=1S/C19H24Cl2N2O2/c1-3-18(24)22-7-4-5-13(11-22)19(25)23-8-6-15-16(12(23)2)9-14(20)10-17(15)21/h9-10,12-13H,3-8,11H2,1-2H3. The second-order valence-corrected chi connectivity index (χ2v) is 7.79. The van der Waals surface area contributed by atoms with Crippen LogP contribution in [0.25, 0.3) is 0 Å². The highest BCUT2D eigenvalue weighted by Gasteiger charge is 2.35. The molecule has 1 fully saturated rings. The van der Waals surface area contributed by atoms with Crippen LogP contribution in [-0.4, -0.2) is 41.2 Å². The number of hydrogen-bond donors (Lipinski definition) is 0. The average molecular weight is 383 g/mol. The molecule has 3 rings (SSSR count). The molecule has 0 radical (unpaired) electrons. The maximum absolute atomic E-state index is 13.1. The number of halogens is 2. The third-order valence-electron chi connectivity index (χ3n) is 5.42. The van der Waals surface area contributed by atoms with E-state index >= 15 is 0 Å². The molecule has 4 nitrogen and oxygen atoms in total. The zero-order valence-electron chi connectivity index (χ0n) is 14.7. The van der Waals surface area contributed by atoms with Crippen LogP contribution in [0.1, 0.15) is 50.3 Å². The molecule has 0 saturated carbocycles. The lowest BCUT2D eigenvalue weighted by Crippen LogP contribution is -2.48. The highest BCUT2D eigenvalue weighted by molar-refractivity contribution is 6.35. The largest absolute Gasteiger partial charge is 0.342 e. The monoisotopic (exact) mass is 382 g/mol. The Morgan fingerprint density at radius 3 is 2.72 bits per heavy atom. The molecule has 2 aliphatic heterocycles. The number of fused-ring (bicyclic) bond motifs is 1. The highest BCUT2D eigenvalue weighted by atomic mass is 35.5. The first-order chi connectivity index (χ1) is 11.9. The van der Waals surface area contributed by atoms with E-state index in [2.05, 4.69) is 0 Å². The van der Waals surface area contributed by atoms with Crippen molar-refractivity contribution in [2.75, 3.05) is 19.6 Å². The first-order valence-corrected chi connectivity index (χ1v) is 9.74. The molecule has 136 valence electrons. The summed E-state index contributed by atoms with van der Waals surface area (Å²) < 4.78 is 0. The molecule has 0 spiro atoms. The molecule has 1 aromatic carbocycles. The minimum Gasteiger partial charge on any atom is -0.342 e. The fourth-order valence-electron chi connectivity index (χ4n) is 4.02. The van der Waals surface area contributed by atoms with E-state index < -0.39 is 0 Å². The van der Waals surface area contributed by atoms with Crippen molar-refractivity contribution in [3.05, 3.63) is 33.3 Å². The van der Waals surface area contributed by atoms with Crippen molar-refractivity contribution in [1.29, 1.82) is 0 Å². The van der Waals surface area contributed by atoms with E-state index in [-0.39, 0.29) is 23.8 Å². The van der Waals surface area contributed by atoms with Crippen LogP contribution in [0.3, 0.4) is 0 Å². The van der Waals surface area contributed by atoms with Crippen LogP contribution in [0, 0.1) is 5.92 Å². The second kappa shape index (κ2) is 7.55. The highest BCUT2D eigenvalue weighted by Crippen LogP contribution is 2.37. The molecule has 2 unspecified atom stereocenters. The molecule has 6 heteroatoms. The molecule has 0 aromatic heterocycles. The van der Waals surface area contributed by atoms with E-state index in [0.717, 1.165) is 36.9 Å². The number of carbonyl (C=O) groups excluding carboxylic acids is 2. The smallest absolute Gasteiger partial charge is 0.227 e. The third kappa shape index (κ3) is 3.65. The number of rotatable bonds is 2. The van der Waals surface area contributed by atoms with E-state index in [9.17, 15) is 9.59 Å². The lowest BCUT2D eigenvalue weighted by molar-refractivity contribution is -0.142. The molecule has 1 saturated heterocycles. The molecule has 1 aromatic rings. The van der Waals surface area contributed by atoms with Gasteiger partial charge in [-0.3, -0.25) is 9.59 Å². The number of nitrogens with zero attached hydrogens (tertiary/aromatic N) is 2. The summed E-state index contributed by atoms with van der Waals surface area (Å²) in [5.41, 5.74) is 2.13. The second-order valence-electron chi connectivity index (χ2n) is 6.95. The van der Waals surface area contributed by atoms with E-state index in [0.29, 0.717) is 29.6 Å². The zero-order chi connectivity index (χ0) is 18.1. The van der Waals surface area contributed by atoms with Crippen molar-refractivity contribution in [3.8, 4) is 0 Å². The Morgan fingerprint density at radius 2 is 2.00 bits per heavy atom. The van der Waals surface area contributed by atoms with Gasteiger partial charge in [-0.25, -0.2) is 0 Å². The molecule has 0 N–H and O–H groups in total. The predicted molar refractivity (Wildman–Crippen MR) is 99.9 cm³/mol. The first-order valence-electron chi connectivity index (χ1n) is 8.98. The van der Waals surface area contributed by atoms with E-state index in [1.165, 1.54) is 0 Å². The summed E-state index contributed by atoms with van der Waals surface area (Å²) in [6, 6.07) is 3.63. The van der Waals surface area contributed by atoms with E-state index in [1.807, 2.05) is 29.7 Å². The third-order valence-corrected chi connectivity index (χ3v) is 5.98. The Hall–Kier alpha value is -1.26. The van der Waals surface area contributed by atoms with Crippen molar-refractivity contribution in [2.24, 2.45) is 5.92 Å². The zero-order valence-corrected chi connectivity index (χ0v) is 16.2. The predicted octanol–water partition coefficient (Wildman–Crippen LogP) is 4.09. The van der Waals surface area contributed by atoms with Gasteiger partial charge >= 0.3 is 0 Å². The molecular weight excluding hydrogens is 359 g/mol. The van der Waals surface area contributed by atoms with Crippen LogP contribution in [0.5, 0.6) is 0 Å². The van der Waals surface area contributed by atoms with Crippen LogP contribution < -0.4 is 0 Å². The number of amides is 2. The Kier molecular flexibility index (Phi) is 5.59. The Bertz CT molecular complexity index is 692. The van der Waals surface area contributed by atoms with E-state index in [1.54, 1.807) is 6.07 Å². The SMILES string of the molecule is CCC(=O)N1CCCC(C(=O)N2CCc3c(Cl)cc(Cl)cc3C2C)C1. The van der Waals surface area contributed by atoms with Crippen molar-refractivity contribution in [1.82, 2.24) is 9.80 Å². The molecule has 2 heterocycles. The van der Waals surface area contributed by atoms with Gasteiger partial charge in [-0.1, -0.05) is 30.1 Å². The van der Waals surface area contributed by atoms with Gasteiger partial charge in [0.1, 0.15) is 0 Å². The molecular formula is C19H24Cl2N2O2. The van der Waals surface area contributed by atoms with Gasteiger partial charge in [0.05, 0.1) is 12.0 Å². The molecule has 2 amide bonds. The summed E-state index contributed by atoms with van der Waals surface area (Å²) >= 11 is 12.5. The van der Waals surface area contributed by atoms with E-state index in [4.69, 9.17) is 23.2 Å². The first kappa shape index (κ1) is 18.5. The average Bonchev–Trinajstić information content (AvgIpc) is 2.61. The van der Waals surface area contributed by atoms with Crippen molar-refractivity contribution in [2.45, 2.75) is 45.6 Å². The minimum absolute atomic E-state index is 0.0512. The number of likely N-dealkylation sites (tertiary alicyclic amines) is 1. The van der Waals surface area contributed by atoms with Crippen LogP contribution in [0.4, 0.5) is 0 Å². The van der Waals surface area contributed by atoms with Gasteiger partial charge in [-0.15, -0.1) is 0 Å². The van der Waals surface area contributed by atoms with Crippen LogP contribution >= 0.6 is 23.2 Å². The minimum atomic E-state index is -0.108. The van der Waals surface area contributed by atoms with Gasteiger partial charge in [-0.05, 0) is 49.4 Å². The summed E-state index contributed by atoms with van der Waals surface area (Å²) in [7, 11) is 0. The van der Waals surface area contributed by atoms with Gasteiger partial charge in [0, 0.05) is 36.1 Å². The fraction of sp³-hybridized carbons (Fsp3) is 0.579. The van der Waals surface area contributed by atoms with Gasteiger partial charge in [0.25, 0.3) is 0 Å². The molecule has 0 bridgehead atoms. The van der Waals surface area contributed by atoms with Gasteiger partial charge < -0.3 is 9.80 Å². The molecule has 2 atom stereocenters. The number of piperidine rings is 1. The Morgan fingerprint density at radius 1 is 1.24 bits per heavy atom.